The highest BCUT2D eigenvalue weighted by molar-refractivity contribution is 6.39. The third kappa shape index (κ3) is 3.33. The second-order valence-corrected chi connectivity index (χ2v) is 6.29. The third-order valence-corrected chi connectivity index (χ3v) is 4.66. The summed E-state index contributed by atoms with van der Waals surface area (Å²) in [4.78, 5) is 14.1. The number of ether oxygens (including phenoxy) is 2. The lowest BCUT2D eigenvalue weighted by molar-refractivity contribution is -0.281. The first-order valence-corrected chi connectivity index (χ1v) is 8.13. The number of carbonyl (C=O) groups excluding carboxylic acids is 1. The monoisotopic (exact) mass is 344 g/mol. The van der Waals surface area contributed by atoms with Crippen molar-refractivity contribution in [2.45, 2.75) is 25.0 Å². The highest BCUT2D eigenvalue weighted by atomic mass is 35.5. The van der Waals surface area contributed by atoms with Gasteiger partial charge in [0, 0.05) is 25.9 Å². The number of piperidine rings is 1. The predicted octanol–water partition coefficient (Wildman–Crippen LogP) is 3.75. The molecule has 2 fully saturated rings. The van der Waals surface area contributed by atoms with Crippen molar-refractivity contribution in [1.82, 2.24) is 4.90 Å². The number of rotatable bonds is 1. The Morgan fingerprint density at radius 1 is 1.14 bits per heavy atom. The molecular weight excluding hydrogens is 327 g/mol. The molecule has 5 nitrogen and oxygen atoms in total. The number of benzene rings is 1. The van der Waals surface area contributed by atoms with Gasteiger partial charge in [-0.15, -0.1) is 0 Å². The largest absolute Gasteiger partial charge is 0.350 e. The number of urea groups is 1. The van der Waals surface area contributed by atoms with E-state index in [1.54, 1.807) is 23.1 Å². The molecule has 1 aromatic rings. The lowest BCUT2D eigenvalue weighted by atomic mass is 10.0. The van der Waals surface area contributed by atoms with Crippen molar-refractivity contribution in [1.29, 1.82) is 0 Å². The lowest BCUT2D eigenvalue weighted by Crippen LogP contribution is -2.52. The summed E-state index contributed by atoms with van der Waals surface area (Å²) in [5, 5.41) is 3.63. The van der Waals surface area contributed by atoms with Gasteiger partial charge in [0.05, 0.1) is 28.9 Å². The zero-order valence-electron chi connectivity index (χ0n) is 12.1. The van der Waals surface area contributed by atoms with Crippen molar-refractivity contribution in [3.63, 3.8) is 0 Å². The van der Waals surface area contributed by atoms with Gasteiger partial charge in [0.15, 0.2) is 5.79 Å². The number of carbonyl (C=O) groups is 1. The van der Waals surface area contributed by atoms with Crippen LogP contribution in [0.5, 0.6) is 0 Å². The zero-order chi connectivity index (χ0) is 15.6. The third-order valence-electron chi connectivity index (χ3n) is 4.03. The number of hydrogen-bond acceptors (Lipinski definition) is 3. The van der Waals surface area contributed by atoms with Gasteiger partial charge in [0.1, 0.15) is 0 Å². The molecule has 2 saturated heterocycles. The Balaban J connectivity index is 1.60. The number of hydrogen-bond donors (Lipinski definition) is 1. The maximum atomic E-state index is 12.4. The molecule has 1 spiro atoms. The molecule has 2 aliphatic rings. The first-order chi connectivity index (χ1) is 10.6. The Morgan fingerprint density at radius 2 is 1.73 bits per heavy atom. The van der Waals surface area contributed by atoms with E-state index in [-0.39, 0.29) is 6.03 Å². The molecule has 0 bridgehead atoms. The molecule has 0 aromatic heterocycles. The molecule has 0 atom stereocenters. The predicted molar refractivity (Wildman–Crippen MR) is 85.5 cm³/mol. The van der Waals surface area contributed by atoms with Gasteiger partial charge in [0.25, 0.3) is 0 Å². The van der Waals surface area contributed by atoms with E-state index in [9.17, 15) is 4.79 Å². The van der Waals surface area contributed by atoms with Gasteiger partial charge in [-0.2, -0.15) is 0 Å². The van der Waals surface area contributed by atoms with Crippen molar-refractivity contribution in [2.24, 2.45) is 0 Å². The molecule has 0 saturated carbocycles. The Labute approximate surface area is 139 Å². The quantitative estimate of drug-likeness (QED) is 0.843. The molecular formula is C15H18Cl2N2O3. The summed E-state index contributed by atoms with van der Waals surface area (Å²) < 4.78 is 11.5. The first kappa shape index (κ1) is 15.9. The molecule has 22 heavy (non-hydrogen) atoms. The molecule has 0 radical (unpaired) electrons. The van der Waals surface area contributed by atoms with Crippen molar-refractivity contribution < 1.29 is 14.3 Å². The lowest BCUT2D eigenvalue weighted by Gasteiger charge is -2.43. The fraction of sp³-hybridized carbons (Fsp3) is 0.533. The summed E-state index contributed by atoms with van der Waals surface area (Å²) in [7, 11) is 0. The van der Waals surface area contributed by atoms with Crippen molar-refractivity contribution in [3.8, 4) is 0 Å². The van der Waals surface area contributed by atoms with Gasteiger partial charge in [0.2, 0.25) is 0 Å². The highest BCUT2D eigenvalue weighted by Crippen LogP contribution is 2.33. The number of nitrogens with one attached hydrogen (secondary N) is 1. The van der Waals surface area contributed by atoms with Crippen LogP contribution in [0.25, 0.3) is 0 Å². The smallest absolute Gasteiger partial charge is 0.321 e. The molecule has 120 valence electrons. The van der Waals surface area contributed by atoms with E-state index in [4.69, 9.17) is 32.7 Å². The van der Waals surface area contributed by atoms with Crippen molar-refractivity contribution in [3.05, 3.63) is 28.2 Å². The van der Waals surface area contributed by atoms with Crippen LogP contribution >= 0.6 is 23.2 Å². The molecule has 0 aliphatic carbocycles. The maximum absolute atomic E-state index is 12.4. The van der Waals surface area contributed by atoms with Crippen LogP contribution in [0.4, 0.5) is 10.5 Å². The minimum absolute atomic E-state index is 0.208. The van der Waals surface area contributed by atoms with Crippen molar-refractivity contribution in [2.75, 3.05) is 31.6 Å². The van der Waals surface area contributed by atoms with E-state index in [0.717, 1.165) is 19.6 Å². The van der Waals surface area contributed by atoms with Crippen LogP contribution in [0, 0.1) is 0 Å². The SMILES string of the molecule is O=C(Nc1c(Cl)cccc1Cl)N1CCC2(CC1)OCCCO2. The normalized spacial score (nSPS) is 20.9. The molecule has 2 aliphatic heterocycles. The van der Waals surface area contributed by atoms with E-state index in [1.165, 1.54) is 0 Å². The molecule has 3 rings (SSSR count). The molecule has 2 heterocycles. The summed E-state index contributed by atoms with van der Waals surface area (Å²) >= 11 is 12.1. The van der Waals surface area contributed by atoms with Crippen LogP contribution in [0.1, 0.15) is 19.3 Å². The minimum Gasteiger partial charge on any atom is -0.350 e. The number of likely N-dealkylation sites (tertiary alicyclic amines) is 1. The zero-order valence-corrected chi connectivity index (χ0v) is 13.6. The summed E-state index contributed by atoms with van der Waals surface area (Å²) in [6.07, 6.45) is 2.28. The average molecular weight is 345 g/mol. The molecule has 1 aromatic carbocycles. The fourth-order valence-electron chi connectivity index (χ4n) is 2.76. The minimum atomic E-state index is -0.503. The Morgan fingerprint density at radius 3 is 2.32 bits per heavy atom. The van der Waals surface area contributed by atoms with Crippen molar-refractivity contribution >= 4 is 34.9 Å². The molecule has 1 N–H and O–H groups in total. The Kier molecular flexibility index (Phi) is 4.78. The van der Waals surface area contributed by atoms with Crippen LogP contribution < -0.4 is 5.32 Å². The molecule has 2 amide bonds. The number of halogens is 2. The molecule has 0 unspecified atom stereocenters. The average Bonchev–Trinajstić information content (AvgIpc) is 2.52. The van der Waals surface area contributed by atoms with Crippen LogP contribution in [0.3, 0.4) is 0 Å². The van der Waals surface area contributed by atoms with Gasteiger partial charge in [-0.05, 0) is 18.6 Å². The van der Waals surface area contributed by atoms with Crippen LogP contribution in [0.2, 0.25) is 10.0 Å². The summed E-state index contributed by atoms with van der Waals surface area (Å²) in [5.74, 6) is -0.503. The van der Waals surface area contributed by atoms with Crippen LogP contribution in [-0.2, 0) is 9.47 Å². The van der Waals surface area contributed by atoms with Gasteiger partial charge in [-0.1, -0.05) is 29.3 Å². The van der Waals surface area contributed by atoms with Gasteiger partial charge in [-0.3, -0.25) is 0 Å². The second-order valence-electron chi connectivity index (χ2n) is 5.48. The highest BCUT2D eigenvalue weighted by Gasteiger charge is 2.39. The van der Waals surface area contributed by atoms with Gasteiger partial charge >= 0.3 is 6.03 Å². The van der Waals surface area contributed by atoms with Crippen LogP contribution in [-0.4, -0.2) is 43.0 Å². The van der Waals surface area contributed by atoms with E-state index >= 15 is 0 Å². The summed E-state index contributed by atoms with van der Waals surface area (Å²) in [6.45, 7) is 2.60. The second kappa shape index (κ2) is 6.62. The number of nitrogens with zero attached hydrogens (tertiary/aromatic N) is 1. The topological polar surface area (TPSA) is 50.8 Å². The number of anilines is 1. The molecule has 7 heteroatoms. The van der Waals surface area contributed by atoms with E-state index in [2.05, 4.69) is 5.32 Å². The Hall–Kier alpha value is -1.01. The van der Waals surface area contributed by atoms with E-state index in [1.807, 2.05) is 0 Å². The first-order valence-electron chi connectivity index (χ1n) is 7.37. The maximum Gasteiger partial charge on any atom is 0.321 e. The van der Waals surface area contributed by atoms with Gasteiger partial charge < -0.3 is 19.7 Å². The fourth-order valence-corrected chi connectivity index (χ4v) is 3.25. The van der Waals surface area contributed by atoms with E-state index < -0.39 is 5.79 Å². The summed E-state index contributed by atoms with van der Waals surface area (Å²) in [5.41, 5.74) is 0.446. The standard InChI is InChI=1S/C15H18Cl2N2O3/c16-11-3-1-4-12(17)13(11)18-14(20)19-7-5-15(6-8-19)21-9-2-10-22-15/h1,3-4H,2,5-10H2,(H,18,20). The summed E-state index contributed by atoms with van der Waals surface area (Å²) in [6, 6.07) is 4.92. The van der Waals surface area contributed by atoms with E-state index in [0.29, 0.717) is 41.7 Å². The van der Waals surface area contributed by atoms with Crippen LogP contribution in [0.15, 0.2) is 18.2 Å². The Bertz CT molecular complexity index is 531. The number of amides is 2. The number of para-hydroxylation sites is 1. The van der Waals surface area contributed by atoms with Gasteiger partial charge in [-0.25, -0.2) is 4.79 Å².